The molecule has 0 bridgehead atoms. The zero-order chi connectivity index (χ0) is 24.9. The van der Waals surface area contributed by atoms with E-state index in [2.05, 4.69) is 15.2 Å². The summed E-state index contributed by atoms with van der Waals surface area (Å²) >= 11 is 0. The van der Waals surface area contributed by atoms with E-state index in [9.17, 15) is 14.0 Å². The zero-order valence-corrected chi connectivity index (χ0v) is 20.1. The van der Waals surface area contributed by atoms with Gasteiger partial charge in [0, 0.05) is 35.1 Å². The number of aromatic nitrogens is 1. The van der Waals surface area contributed by atoms with Gasteiger partial charge in [-0.1, -0.05) is 66.7 Å². The van der Waals surface area contributed by atoms with Gasteiger partial charge in [-0.2, -0.15) is 0 Å². The molecule has 6 heteroatoms. The molecule has 4 aromatic rings. The van der Waals surface area contributed by atoms with Crippen LogP contribution in [0.25, 0.3) is 10.9 Å². The number of halogens is 1. The van der Waals surface area contributed by atoms with Crippen LogP contribution < -0.4 is 5.32 Å². The van der Waals surface area contributed by atoms with Gasteiger partial charge in [0.15, 0.2) is 5.78 Å². The van der Waals surface area contributed by atoms with Crippen molar-refractivity contribution in [2.75, 3.05) is 19.6 Å². The molecule has 5 nitrogen and oxygen atoms in total. The molecule has 0 saturated carbocycles. The van der Waals surface area contributed by atoms with Gasteiger partial charge in [-0.25, -0.2) is 4.39 Å². The Balaban J connectivity index is 1.25. The first kappa shape index (κ1) is 23.9. The molecule has 184 valence electrons. The Labute approximate surface area is 210 Å². The van der Waals surface area contributed by atoms with Gasteiger partial charge in [0.2, 0.25) is 5.91 Å². The molecule has 1 fully saturated rings. The van der Waals surface area contributed by atoms with Crippen LogP contribution in [0.1, 0.15) is 40.4 Å². The molecule has 3 aromatic carbocycles. The van der Waals surface area contributed by atoms with E-state index in [0.29, 0.717) is 50.0 Å². The molecule has 1 amide bonds. The van der Waals surface area contributed by atoms with Crippen molar-refractivity contribution < 1.29 is 14.0 Å². The normalized spacial score (nSPS) is 15.6. The van der Waals surface area contributed by atoms with Crippen molar-refractivity contribution in [2.45, 2.75) is 25.3 Å². The smallest absolute Gasteiger partial charge is 0.223 e. The van der Waals surface area contributed by atoms with E-state index >= 15 is 0 Å². The number of nitrogens with zero attached hydrogens (tertiary/aromatic N) is 1. The van der Waals surface area contributed by atoms with E-state index in [0.717, 1.165) is 16.5 Å². The fraction of sp³-hybridized carbons (Fsp3) is 0.267. The lowest BCUT2D eigenvalue weighted by Crippen LogP contribution is -2.44. The van der Waals surface area contributed by atoms with Crippen molar-refractivity contribution in [2.24, 2.45) is 5.92 Å². The molecule has 5 rings (SSSR count). The number of nitrogens with one attached hydrogen (secondary N) is 2. The Morgan fingerprint density at radius 3 is 2.42 bits per heavy atom. The van der Waals surface area contributed by atoms with E-state index in [1.165, 1.54) is 6.07 Å². The van der Waals surface area contributed by atoms with E-state index < -0.39 is 6.04 Å². The molecule has 1 unspecified atom stereocenters. The van der Waals surface area contributed by atoms with Crippen molar-refractivity contribution in [3.8, 4) is 0 Å². The first-order valence-corrected chi connectivity index (χ1v) is 12.5. The number of likely N-dealkylation sites (tertiary alicyclic amines) is 1. The van der Waals surface area contributed by atoms with Crippen LogP contribution in [0.2, 0.25) is 0 Å². The van der Waals surface area contributed by atoms with Crippen molar-refractivity contribution >= 4 is 22.6 Å². The van der Waals surface area contributed by atoms with Gasteiger partial charge < -0.3 is 10.3 Å². The number of rotatable bonds is 8. The second kappa shape index (κ2) is 10.9. The second-order valence-electron chi connectivity index (χ2n) is 9.37. The molecule has 1 aliphatic rings. The summed E-state index contributed by atoms with van der Waals surface area (Å²) in [6.07, 6.45) is 3.62. The van der Waals surface area contributed by atoms with Gasteiger partial charge in [-0.3, -0.25) is 14.5 Å². The number of piperidine rings is 1. The van der Waals surface area contributed by atoms with Crippen LogP contribution in [0, 0.1) is 11.7 Å². The number of carbonyl (C=O) groups excluding carboxylic acids is 2. The summed E-state index contributed by atoms with van der Waals surface area (Å²) in [4.78, 5) is 32.1. The fourth-order valence-electron chi connectivity index (χ4n) is 5.17. The molecule has 1 aliphatic heterocycles. The fourth-order valence-corrected chi connectivity index (χ4v) is 5.17. The van der Waals surface area contributed by atoms with Crippen LogP contribution in [0.4, 0.5) is 4.39 Å². The maximum atomic E-state index is 13.9. The van der Waals surface area contributed by atoms with E-state index in [4.69, 9.17) is 0 Å². The van der Waals surface area contributed by atoms with Gasteiger partial charge >= 0.3 is 0 Å². The Morgan fingerprint density at radius 1 is 0.944 bits per heavy atom. The molecular weight excluding hydrogens is 453 g/mol. The Kier molecular flexibility index (Phi) is 7.23. The van der Waals surface area contributed by atoms with Crippen molar-refractivity contribution in [1.82, 2.24) is 15.2 Å². The van der Waals surface area contributed by atoms with Crippen molar-refractivity contribution in [3.63, 3.8) is 0 Å². The minimum Gasteiger partial charge on any atom is -0.360 e. The topological polar surface area (TPSA) is 65.2 Å². The number of para-hydroxylation sites is 1. The first-order chi connectivity index (χ1) is 17.6. The third kappa shape index (κ3) is 5.09. The number of Topliss-reactive ketones (excluding diaryl/α,β-unsaturated/α-hetero) is 1. The Morgan fingerprint density at radius 2 is 1.64 bits per heavy atom. The van der Waals surface area contributed by atoms with Gasteiger partial charge in [-0.15, -0.1) is 0 Å². The first-order valence-electron chi connectivity index (χ1n) is 12.5. The van der Waals surface area contributed by atoms with Crippen LogP contribution in [-0.2, 0) is 11.2 Å². The highest BCUT2D eigenvalue weighted by Crippen LogP contribution is 2.32. The SMILES string of the molecule is O=C(NCCc1ccccc1F)C1CCN(C(C(=O)c2c[nH]c3ccccc23)c2ccccc2)CC1. The molecule has 0 spiro atoms. The van der Waals surface area contributed by atoms with Gasteiger partial charge in [0.1, 0.15) is 5.82 Å². The van der Waals surface area contributed by atoms with Gasteiger partial charge in [-0.05, 0) is 55.6 Å². The monoisotopic (exact) mass is 483 g/mol. The summed E-state index contributed by atoms with van der Waals surface area (Å²) in [7, 11) is 0. The number of hydrogen-bond acceptors (Lipinski definition) is 3. The molecule has 0 radical (unpaired) electrons. The van der Waals surface area contributed by atoms with Crippen LogP contribution >= 0.6 is 0 Å². The lowest BCUT2D eigenvalue weighted by molar-refractivity contribution is -0.126. The summed E-state index contributed by atoms with van der Waals surface area (Å²) < 4.78 is 13.8. The molecular formula is C30H30FN3O2. The molecule has 2 heterocycles. The van der Waals surface area contributed by atoms with Gasteiger partial charge in [0.05, 0.1) is 6.04 Å². The summed E-state index contributed by atoms with van der Waals surface area (Å²) in [5, 5.41) is 3.90. The van der Waals surface area contributed by atoms with Crippen LogP contribution in [0.3, 0.4) is 0 Å². The molecule has 2 N–H and O–H groups in total. The van der Waals surface area contributed by atoms with Crippen LogP contribution in [0.5, 0.6) is 0 Å². The number of ketones is 1. The molecule has 1 saturated heterocycles. The van der Waals surface area contributed by atoms with E-state index in [-0.39, 0.29) is 23.4 Å². The highest BCUT2D eigenvalue weighted by Gasteiger charge is 2.34. The average molecular weight is 484 g/mol. The largest absolute Gasteiger partial charge is 0.360 e. The van der Waals surface area contributed by atoms with Crippen molar-refractivity contribution in [1.29, 1.82) is 0 Å². The maximum absolute atomic E-state index is 13.9. The maximum Gasteiger partial charge on any atom is 0.223 e. The lowest BCUT2D eigenvalue weighted by Gasteiger charge is -2.36. The highest BCUT2D eigenvalue weighted by molar-refractivity contribution is 6.10. The molecule has 1 atom stereocenters. The summed E-state index contributed by atoms with van der Waals surface area (Å²) in [6.45, 7) is 1.71. The predicted octanol–water partition coefficient (Wildman–Crippen LogP) is 5.30. The third-order valence-corrected chi connectivity index (χ3v) is 7.14. The van der Waals surface area contributed by atoms with E-state index in [1.807, 2.05) is 54.6 Å². The lowest BCUT2D eigenvalue weighted by atomic mass is 9.90. The van der Waals surface area contributed by atoms with Crippen LogP contribution in [0.15, 0.2) is 85.1 Å². The molecule has 36 heavy (non-hydrogen) atoms. The third-order valence-electron chi connectivity index (χ3n) is 7.14. The average Bonchev–Trinajstić information content (AvgIpc) is 3.35. The Bertz CT molecular complexity index is 1340. The molecule has 0 aliphatic carbocycles. The number of hydrogen-bond donors (Lipinski definition) is 2. The number of benzene rings is 3. The Hall–Kier alpha value is -3.77. The number of aromatic amines is 1. The van der Waals surface area contributed by atoms with Gasteiger partial charge in [0.25, 0.3) is 0 Å². The number of H-pyrrole nitrogens is 1. The standard InChI is InChI=1S/C30H30FN3O2/c31-26-12-6-4-8-21(26)14-17-32-30(36)23-15-18-34(19-16-23)28(22-9-2-1-3-10-22)29(35)25-20-33-27-13-7-5-11-24(25)27/h1-13,20,23,28,33H,14-19H2,(H,32,36). The number of amides is 1. The highest BCUT2D eigenvalue weighted by atomic mass is 19.1. The molecule has 1 aromatic heterocycles. The summed E-state index contributed by atoms with van der Waals surface area (Å²) in [5.41, 5.74) is 3.19. The number of carbonyl (C=O) groups is 2. The second-order valence-corrected chi connectivity index (χ2v) is 9.37. The van der Waals surface area contributed by atoms with Crippen LogP contribution in [-0.4, -0.2) is 41.2 Å². The minimum atomic E-state index is -0.407. The summed E-state index contributed by atoms with van der Waals surface area (Å²) in [5.74, 6) is -0.287. The quantitative estimate of drug-likeness (QED) is 0.334. The van der Waals surface area contributed by atoms with Crippen molar-refractivity contribution in [3.05, 3.63) is 108 Å². The minimum absolute atomic E-state index is 0.00482. The predicted molar refractivity (Wildman–Crippen MR) is 139 cm³/mol. The number of fused-ring (bicyclic) bond motifs is 1. The zero-order valence-electron chi connectivity index (χ0n) is 20.1. The van der Waals surface area contributed by atoms with E-state index in [1.54, 1.807) is 24.4 Å². The summed E-state index contributed by atoms with van der Waals surface area (Å²) in [6, 6.07) is 24.0.